The van der Waals surface area contributed by atoms with Gasteiger partial charge in [0.15, 0.2) is 5.78 Å². The second-order valence-corrected chi connectivity index (χ2v) is 10.7. The van der Waals surface area contributed by atoms with Crippen molar-refractivity contribution < 1.29 is 9.90 Å². The molecule has 1 N–H and O–H groups in total. The summed E-state index contributed by atoms with van der Waals surface area (Å²) in [6.45, 7) is 5.03. The first-order chi connectivity index (χ1) is 11.9. The molecular formula is C23H34O2. The summed E-state index contributed by atoms with van der Waals surface area (Å²) >= 11 is 0. The standard InChI is InChI=1S/C23H34O2/c1-21-11-8-16-17(22(21,2)12-7-15(24)14-21)9-13-23-10-3-4-20(25)19(23)6-5-18(16)23/h3-4,15-19,24H,5-14H2,1-2H3/t15-,16?,17?,18?,19?,21?,22?,23?/m1/s1. The molecule has 5 aliphatic carbocycles. The highest BCUT2D eigenvalue weighted by Gasteiger charge is 2.65. The lowest BCUT2D eigenvalue weighted by atomic mass is 9.39. The van der Waals surface area contributed by atoms with Crippen LogP contribution in [0.2, 0.25) is 0 Å². The smallest absolute Gasteiger partial charge is 0.159 e. The number of aliphatic hydroxyl groups excluding tert-OH is 1. The van der Waals surface area contributed by atoms with Crippen molar-refractivity contribution in [2.45, 2.75) is 84.2 Å². The summed E-state index contributed by atoms with van der Waals surface area (Å²) in [5.41, 5.74) is 1.02. The Labute approximate surface area is 152 Å². The van der Waals surface area contributed by atoms with E-state index in [4.69, 9.17) is 0 Å². The zero-order valence-electron chi connectivity index (χ0n) is 16.0. The highest BCUT2D eigenvalue weighted by atomic mass is 16.3. The number of hydrogen-bond donors (Lipinski definition) is 1. The maximum Gasteiger partial charge on any atom is 0.159 e. The molecule has 2 nitrogen and oxygen atoms in total. The minimum atomic E-state index is -0.0819. The van der Waals surface area contributed by atoms with Crippen LogP contribution in [0.5, 0.6) is 0 Å². The normalized spacial score (nSPS) is 57.4. The van der Waals surface area contributed by atoms with Crippen LogP contribution in [0.15, 0.2) is 12.2 Å². The third-order valence-electron chi connectivity index (χ3n) is 10.2. The van der Waals surface area contributed by atoms with Crippen molar-refractivity contribution in [1.82, 2.24) is 0 Å². The minimum absolute atomic E-state index is 0.0819. The van der Waals surface area contributed by atoms with Crippen molar-refractivity contribution >= 4 is 5.78 Å². The Morgan fingerprint density at radius 3 is 2.68 bits per heavy atom. The summed E-state index contributed by atoms with van der Waals surface area (Å²) < 4.78 is 0. The van der Waals surface area contributed by atoms with Gasteiger partial charge in [-0.05, 0) is 104 Å². The third kappa shape index (κ3) is 1.98. The molecule has 0 aliphatic heterocycles. The maximum absolute atomic E-state index is 12.5. The van der Waals surface area contributed by atoms with Crippen LogP contribution in [0.3, 0.4) is 0 Å². The molecule has 5 rings (SSSR count). The van der Waals surface area contributed by atoms with Crippen molar-refractivity contribution in [1.29, 1.82) is 0 Å². The Morgan fingerprint density at radius 2 is 1.84 bits per heavy atom. The van der Waals surface area contributed by atoms with Gasteiger partial charge in [0.25, 0.3) is 0 Å². The predicted octanol–water partition coefficient (Wildman–Crippen LogP) is 4.91. The number of hydrogen-bond acceptors (Lipinski definition) is 2. The third-order valence-corrected chi connectivity index (χ3v) is 10.2. The lowest BCUT2D eigenvalue weighted by Crippen LogP contribution is -2.58. The van der Waals surface area contributed by atoms with Gasteiger partial charge in [-0.1, -0.05) is 19.9 Å². The van der Waals surface area contributed by atoms with E-state index < -0.39 is 0 Å². The van der Waals surface area contributed by atoms with Crippen LogP contribution in [0.25, 0.3) is 0 Å². The second-order valence-electron chi connectivity index (χ2n) is 10.7. The highest BCUT2D eigenvalue weighted by molar-refractivity contribution is 5.93. The van der Waals surface area contributed by atoms with Gasteiger partial charge in [0.05, 0.1) is 6.10 Å². The fourth-order valence-corrected chi connectivity index (χ4v) is 8.75. The number of rotatable bonds is 0. The summed E-state index contributed by atoms with van der Waals surface area (Å²) in [5, 5.41) is 10.3. The maximum atomic E-state index is 12.5. The molecule has 0 amide bonds. The van der Waals surface area contributed by atoms with Gasteiger partial charge in [-0.2, -0.15) is 0 Å². The zero-order chi connectivity index (χ0) is 17.4. The SMILES string of the molecule is CC12CCC3C4CCC5C(=O)C=CCC54CCC3C1(C)CC[C@@H](O)C2. The van der Waals surface area contributed by atoms with E-state index in [1.807, 2.05) is 6.08 Å². The van der Waals surface area contributed by atoms with E-state index in [0.717, 1.165) is 43.4 Å². The summed E-state index contributed by atoms with van der Waals surface area (Å²) in [4.78, 5) is 12.5. The van der Waals surface area contributed by atoms with Crippen LogP contribution in [-0.2, 0) is 4.79 Å². The minimum Gasteiger partial charge on any atom is -0.393 e. The molecule has 0 aromatic heterocycles. The first-order valence-electron chi connectivity index (χ1n) is 10.8. The molecule has 0 saturated heterocycles. The Hall–Kier alpha value is -0.630. The van der Waals surface area contributed by atoms with Crippen LogP contribution in [0.1, 0.15) is 78.1 Å². The lowest BCUT2D eigenvalue weighted by molar-refractivity contribution is -0.173. The molecule has 1 spiro atoms. The second kappa shape index (κ2) is 5.21. The highest BCUT2D eigenvalue weighted by Crippen LogP contribution is 2.71. The monoisotopic (exact) mass is 342 g/mol. The molecule has 4 fully saturated rings. The first-order valence-corrected chi connectivity index (χ1v) is 10.8. The van der Waals surface area contributed by atoms with Crippen LogP contribution in [0, 0.1) is 39.9 Å². The van der Waals surface area contributed by atoms with Gasteiger partial charge in [-0.3, -0.25) is 4.79 Å². The van der Waals surface area contributed by atoms with E-state index in [9.17, 15) is 9.90 Å². The molecule has 5 aliphatic rings. The number of aliphatic hydroxyl groups is 1. The van der Waals surface area contributed by atoms with E-state index in [0.29, 0.717) is 27.9 Å². The average molecular weight is 343 g/mol. The molecule has 8 atom stereocenters. The lowest BCUT2D eigenvalue weighted by Gasteiger charge is -2.65. The summed E-state index contributed by atoms with van der Waals surface area (Å²) in [6, 6.07) is 0. The predicted molar refractivity (Wildman–Crippen MR) is 98.9 cm³/mol. The van der Waals surface area contributed by atoms with Crippen molar-refractivity contribution in [2.24, 2.45) is 39.9 Å². The Bertz CT molecular complexity index is 624. The molecule has 138 valence electrons. The van der Waals surface area contributed by atoms with E-state index in [1.54, 1.807) is 0 Å². The molecule has 0 aromatic carbocycles. The van der Waals surface area contributed by atoms with E-state index in [-0.39, 0.29) is 6.10 Å². The van der Waals surface area contributed by atoms with Crippen molar-refractivity contribution in [3.63, 3.8) is 0 Å². The van der Waals surface area contributed by atoms with Gasteiger partial charge in [0, 0.05) is 5.92 Å². The number of fused-ring (bicyclic) bond motifs is 4. The number of carbonyl (C=O) groups is 1. The van der Waals surface area contributed by atoms with Gasteiger partial charge >= 0.3 is 0 Å². The number of allylic oxidation sites excluding steroid dienone is 2. The van der Waals surface area contributed by atoms with Crippen LogP contribution in [0.4, 0.5) is 0 Å². The van der Waals surface area contributed by atoms with E-state index in [2.05, 4.69) is 19.9 Å². The van der Waals surface area contributed by atoms with Gasteiger partial charge in [0.2, 0.25) is 0 Å². The van der Waals surface area contributed by atoms with Gasteiger partial charge < -0.3 is 5.11 Å². The average Bonchev–Trinajstić information content (AvgIpc) is 2.97. The van der Waals surface area contributed by atoms with Crippen molar-refractivity contribution in [2.75, 3.05) is 0 Å². The van der Waals surface area contributed by atoms with Crippen molar-refractivity contribution in [3.8, 4) is 0 Å². The molecule has 7 unspecified atom stereocenters. The molecule has 0 radical (unpaired) electrons. The topological polar surface area (TPSA) is 37.3 Å². The summed E-state index contributed by atoms with van der Waals surface area (Å²) in [5.74, 6) is 3.18. The van der Waals surface area contributed by atoms with Gasteiger partial charge in [-0.25, -0.2) is 0 Å². The van der Waals surface area contributed by atoms with Crippen LogP contribution < -0.4 is 0 Å². The molecule has 25 heavy (non-hydrogen) atoms. The Balaban J connectivity index is 1.50. The molecule has 4 saturated carbocycles. The fraction of sp³-hybridized carbons (Fsp3) is 0.870. The van der Waals surface area contributed by atoms with Crippen LogP contribution >= 0.6 is 0 Å². The molecule has 2 heteroatoms. The zero-order valence-corrected chi connectivity index (χ0v) is 16.0. The number of carbonyl (C=O) groups excluding carboxylic acids is 1. The number of ketones is 1. The van der Waals surface area contributed by atoms with E-state index >= 15 is 0 Å². The van der Waals surface area contributed by atoms with Gasteiger partial charge in [0.1, 0.15) is 0 Å². The fourth-order valence-electron chi connectivity index (χ4n) is 8.75. The molecule has 0 aromatic rings. The van der Waals surface area contributed by atoms with Crippen LogP contribution in [-0.4, -0.2) is 17.0 Å². The molecule has 0 bridgehead atoms. The first kappa shape index (κ1) is 16.5. The van der Waals surface area contributed by atoms with E-state index in [1.165, 1.54) is 38.5 Å². The Morgan fingerprint density at radius 1 is 1.00 bits per heavy atom. The molecule has 0 heterocycles. The molecular weight excluding hydrogens is 308 g/mol. The summed E-state index contributed by atoms with van der Waals surface area (Å²) in [7, 11) is 0. The van der Waals surface area contributed by atoms with Crippen molar-refractivity contribution in [3.05, 3.63) is 12.2 Å². The summed E-state index contributed by atoms with van der Waals surface area (Å²) in [6.07, 6.45) is 16.0. The quantitative estimate of drug-likeness (QED) is 0.679. The Kier molecular flexibility index (Phi) is 3.45. The van der Waals surface area contributed by atoms with Gasteiger partial charge in [-0.15, -0.1) is 0 Å². The largest absolute Gasteiger partial charge is 0.393 e.